The molecule has 136 valence electrons. The molecule has 2 aromatic carbocycles. The maximum absolute atomic E-state index is 9.53. The van der Waals surface area contributed by atoms with E-state index in [1.54, 1.807) is 24.3 Å². The van der Waals surface area contributed by atoms with Gasteiger partial charge < -0.3 is 19.7 Å². The van der Waals surface area contributed by atoms with Crippen LogP contribution in [0.3, 0.4) is 0 Å². The fourth-order valence-electron chi connectivity index (χ4n) is 1.90. The Labute approximate surface area is 155 Å². The minimum atomic E-state index is 0.0509. The summed E-state index contributed by atoms with van der Waals surface area (Å²) < 4.78 is 10.0. The van der Waals surface area contributed by atoms with Gasteiger partial charge in [0.15, 0.2) is 23.0 Å². The van der Waals surface area contributed by atoms with Crippen molar-refractivity contribution >= 4 is 29.8 Å². The fraction of sp³-hybridized carbons (Fsp3) is 0.118. The molecule has 0 fully saturated rings. The van der Waals surface area contributed by atoms with Crippen LogP contribution in [0.25, 0.3) is 0 Å². The van der Waals surface area contributed by atoms with E-state index in [9.17, 15) is 10.2 Å². The van der Waals surface area contributed by atoms with Gasteiger partial charge in [0.2, 0.25) is 5.11 Å². The highest BCUT2D eigenvalue weighted by atomic mass is 32.1. The number of nitrogens with zero attached hydrogens (tertiary/aromatic N) is 2. The molecule has 0 saturated carbocycles. The lowest BCUT2D eigenvalue weighted by atomic mass is 10.2. The Morgan fingerprint density at radius 1 is 0.885 bits per heavy atom. The number of aromatic hydroxyl groups is 2. The van der Waals surface area contributed by atoms with Crippen LogP contribution in [-0.2, 0) is 0 Å². The summed E-state index contributed by atoms with van der Waals surface area (Å²) in [6, 6.07) is 9.63. The van der Waals surface area contributed by atoms with Gasteiger partial charge in [0.1, 0.15) is 0 Å². The molecule has 0 amide bonds. The smallest absolute Gasteiger partial charge is 0.207 e. The van der Waals surface area contributed by atoms with Crippen LogP contribution in [-0.4, -0.2) is 42.0 Å². The third-order valence-electron chi connectivity index (χ3n) is 3.17. The molecule has 0 atom stereocenters. The standard InChI is InChI=1S/C17H18N4O4S/c1-24-15-7-11(3-5-13(15)22)9-18-20-17(26)21-19-10-12-4-6-14(23)16(8-12)25-2/h3-10,22-23H,1-2H3,(H2,20,21,26)/b18-9-,19-10+. The highest BCUT2D eigenvalue weighted by Crippen LogP contribution is 2.26. The second-order valence-electron chi connectivity index (χ2n) is 4.93. The van der Waals surface area contributed by atoms with Crippen molar-refractivity contribution in [1.82, 2.24) is 10.9 Å². The van der Waals surface area contributed by atoms with Crippen molar-refractivity contribution in [2.45, 2.75) is 0 Å². The molecule has 8 nitrogen and oxygen atoms in total. The molecule has 0 spiro atoms. The summed E-state index contributed by atoms with van der Waals surface area (Å²) >= 11 is 5.04. The van der Waals surface area contributed by atoms with E-state index in [-0.39, 0.29) is 16.6 Å². The van der Waals surface area contributed by atoms with Gasteiger partial charge in [0, 0.05) is 0 Å². The molecule has 0 bridgehead atoms. The third-order valence-corrected chi connectivity index (χ3v) is 3.35. The molecule has 0 aliphatic heterocycles. The summed E-state index contributed by atoms with van der Waals surface area (Å²) in [6.07, 6.45) is 3.04. The number of ether oxygens (including phenoxy) is 2. The number of phenols is 2. The number of hydrogen-bond acceptors (Lipinski definition) is 7. The predicted molar refractivity (Wildman–Crippen MR) is 103 cm³/mol. The van der Waals surface area contributed by atoms with Gasteiger partial charge >= 0.3 is 0 Å². The molecule has 4 N–H and O–H groups in total. The van der Waals surface area contributed by atoms with Crippen molar-refractivity contribution in [3.05, 3.63) is 47.5 Å². The number of thiocarbonyl (C=S) groups is 1. The molecule has 0 aliphatic rings. The molecule has 0 radical (unpaired) electrons. The first-order valence-electron chi connectivity index (χ1n) is 7.39. The average molecular weight is 374 g/mol. The first kappa shape index (κ1) is 19.0. The second kappa shape index (κ2) is 9.23. The largest absolute Gasteiger partial charge is 0.504 e. The molecule has 0 aliphatic carbocycles. The molecule has 0 heterocycles. The zero-order valence-corrected chi connectivity index (χ0v) is 14.9. The van der Waals surface area contributed by atoms with Gasteiger partial charge in [0.05, 0.1) is 26.6 Å². The summed E-state index contributed by atoms with van der Waals surface area (Å²) in [5, 5.41) is 27.2. The van der Waals surface area contributed by atoms with E-state index in [1.807, 2.05) is 0 Å². The van der Waals surface area contributed by atoms with Crippen LogP contribution in [0.15, 0.2) is 46.6 Å². The number of hydrazone groups is 2. The van der Waals surface area contributed by atoms with E-state index < -0.39 is 0 Å². The molecular weight excluding hydrogens is 356 g/mol. The molecule has 2 aromatic rings. The highest BCUT2D eigenvalue weighted by molar-refractivity contribution is 7.80. The SMILES string of the molecule is COc1cc(/C=N\NC(=S)N/N=C/c2ccc(O)c(OC)c2)ccc1O. The van der Waals surface area contributed by atoms with Crippen LogP contribution in [0.4, 0.5) is 0 Å². The highest BCUT2D eigenvalue weighted by Gasteiger charge is 2.02. The average Bonchev–Trinajstić information content (AvgIpc) is 2.64. The van der Waals surface area contributed by atoms with Crippen LogP contribution < -0.4 is 20.3 Å². The minimum absolute atomic E-state index is 0.0509. The quantitative estimate of drug-likeness (QED) is 0.348. The van der Waals surface area contributed by atoms with E-state index in [2.05, 4.69) is 21.1 Å². The van der Waals surface area contributed by atoms with Gasteiger partial charge in [-0.25, -0.2) is 0 Å². The molecular formula is C17H18N4O4S. The van der Waals surface area contributed by atoms with Crippen LogP contribution in [0, 0.1) is 0 Å². The molecule has 9 heteroatoms. The lowest BCUT2D eigenvalue weighted by Gasteiger charge is -2.04. The fourth-order valence-corrected chi connectivity index (χ4v) is 2.01. The molecule has 0 saturated heterocycles. The van der Waals surface area contributed by atoms with Crippen molar-refractivity contribution < 1.29 is 19.7 Å². The van der Waals surface area contributed by atoms with Gasteiger partial charge in [-0.05, 0) is 59.7 Å². The van der Waals surface area contributed by atoms with Crippen LogP contribution >= 0.6 is 12.2 Å². The van der Waals surface area contributed by atoms with E-state index in [0.29, 0.717) is 11.5 Å². The monoisotopic (exact) mass is 374 g/mol. The van der Waals surface area contributed by atoms with Crippen LogP contribution in [0.5, 0.6) is 23.0 Å². The normalized spacial score (nSPS) is 10.8. The van der Waals surface area contributed by atoms with E-state index in [0.717, 1.165) is 11.1 Å². The minimum Gasteiger partial charge on any atom is -0.504 e. The first-order chi connectivity index (χ1) is 12.5. The lowest BCUT2D eigenvalue weighted by molar-refractivity contribution is 0.373. The van der Waals surface area contributed by atoms with E-state index in [1.165, 1.54) is 38.8 Å². The Bertz CT molecular complexity index is 772. The number of rotatable bonds is 6. The second-order valence-corrected chi connectivity index (χ2v) is 5.34. The summed E-state index contributed by atoms with van der Waals surface area (Å²) in [4.78, 5) is 0. The zero-order valence-electron chi connectivity index (χ0n) is 14.1. The van der Waals surface area contributed by atoms with Gasteiger partial charge in [0.25, 0.3) is 0 Å². The Kier molecular flexibility index (Phi) is 6.75. The number of nitrogens with one attached hydrogen (secondary N) is 2. The van der Waals surface area contributed by atoms with Crippen molar-refractivity contribution in [3.8, 4) is 23.0 Å². The van der Waals surface area contributed by atoms with Crippen LogP contribution in [0.1, 0.15) is 11.1 Å². The van der Waals surface area contributed by atoms with Crippen molar-refractivity contribution in [3.63, 3.8) is 0 Å². The van der Waals surface area contributed by atoms with E-state index >= 15 is 0 Å². The van der Waals surface area contributed by atoms with Gasteiger partial charge in [-0.1, -0.05) is 0 Å². The van der Waals surface area contributed by atoms with E-state index in [4.69, 9.17) is 21.7 Å². The molecule has 2 rings (SSSR count). The third kappa shape index (κ3) is 5.35. The summed E-state index contributed by atoms with van der Waals surface area (Å²) in [5.41, 5.74) is 6.65. The number of hydrogen-bond donors (Lipinski definition) is 4. The lowest BCUT2D eigenvalue weighted by Crippen LogP contribution is -2.28. The summed E-state index contributed by atoms with van der Waals surface area (Å²) in [5.74, 6) is 0.803. The number of benzene rings is 2. The molecule has 0 aromatic heterocycles. The topological polar surface area (TPSA) is 108 Å². The Morgan fingerprint density at radius 3 is 1.69 bits per heavy atom. The van der Waals surface area contributed by atoms with Gasteiger partial charge in [-0.3, -0.25) is 10.9 Å². The summed E-state index contributed by atoms with van der Waals surface area (Å²) in [6.45, 7) is 0. The Hall–Kier alpha value is -3.33. The maximum Gasteiger partial charge on any atom is 0.207 e. The maximum atomic E-state index is 9.53. The molecule has 26 heavy (non-hydrogen) atoms. The number of phenolic OH excluding ortho intramolecular Hbond substituents is 2. The van der Waals surface area contributed by atoms with Crippen LogP contribution in [0.2, 0.25) is 0 Å². The zero-order chi connectivity index (χ0) is 18.9. The van der Waals surface area contributed by atoms with Crippen molar-refractivity contribution in [2.24, 2.45) is 10.2 Å². The predicted octanol–water partition coefficient (Wildman–Crippen LogP) is 1.95. The number of methoxy groups -OCH3 is 2. The molecule has 0 unspecified atom stereocenters. The Balaban J connectivity index is 1.87. The Morgan fingerprint density at radius 2 is 1.31 bits per heavy atom. The first-order valence-corrected chi connectivity index (χ1v) is 7.80. The van der Waals surface area contributed by atoms with Gasteiger partial charge in [-0.2, -0.15) is 10.2 Å². The summed E-state index contributed by atoms with van der Waals surface area (Å²) in [7, 11) is 2.93. The van der Waals surface area contributed by atoms with Crippen molar-refractivity contribution in [2.75, 3.05) is 14.2 Å². The van der Waals surface area contributed by atoms with Gasteiger partial charge in [-0.15, -0.1) is 0 Å². The van der Waals surface area contributed by atoms with Crippen molar-refractivity contribution in [1.29, 1.82) is 0 Å².